The van der Waals surface area contributed by atoms with Gasteiger partial charge in [0.15, 0.2) is 0 Å². The average Bonchev–Trinajstić information content (AvgIpc) is 3.33. The molecule has 67 heavy (non-hydrogen) atoms. The zero-order valence-electron chi connectivity index (χ0n) is 44.9. The maximum atomic E-state index is 12.4. The molecule has 2 atom stereocenters. The van der Waals surface area contributed by atoms with Gasteiger partial charge < -0.3 is 20.3 Å². The lowest BCUT2D eigenvalue weighted by atomic mass is 10.0. The van der Waals surface area contributed by atoms with Gasteiger partial charge in [0.05, 0.1) is 25.4 Å². The number of aliphatic hydroxyl groups excluding tert-OH is 2. The second kappa shape index (κ2) is 56.7. The minimum absolute atomic E-state index is 0.00270. The zero-order valence-corrected chi connectivity index (χ0v) is 44.9. The van der Waals surface area contributed by atoms with Crippen LogP contribution in [0, 0.1) is 0 Å². The molecular formula is C61H115NO5. The van der Waals surface area contributed by atoms with Crippen molar-refractivity contribution in [1.82, 2.24) is 5.32 Å². The molecule has 3 N–H and O–H groups in total. The smallest absolute Gasteiger partial charge is 0.305 e. The average molecular weight is 943 g/mol. The van der Waals surface area contributed by atoms with E-state index in [1.165, 1.54) is 231 Å². The van der Waals surface area contributed by atoms with E-state index in [4.69, 9.17) is 4.74 Å². The molecule has 0 heterocycles. The van der Waals surface area contributed by atoms with E-state index >= 15 is 0 Å². The Hall–Kier alpha value is -1.92. The van der Waals surface area contributed by atoms with Crippen LogP contribution < -0.4 is 5.32 Å². The molecule has 0 aromatic carbocycles. The van der Waals surface area contributed by atoms with Crippen LogP contribution >= 0.6 is 0 Å². The fourth-order valence-corrected chi connectivity index (χ4v) is 9.08. The Balaban J connectivity index is 3.40. The van der Waals surface area contributed by atoms with Gasteiger partial charge in [0, 0.05) is 12.8 Å². The first-order valence-corrected chi connectivity index (χ1v) is 29.7. The molecule has 0 saturated carbocycles. The Morgan fingerprint density at radius 3 is 1.18 bits per heavy atom. The molecule has 0 bridgehead atoms. The summed E-state index contributed by atoms with van der Waals surface area (Å²) in [5.74, 6) is -0.0445. The molecule has 0 aliphatic heterocycles. The standard InChI is InChI=1S/C61H115NO5/c1-3-5-7-9-11-13-15-17-27-31-35-39-43-47-51-55-61(66)67-56-52-48-44-40-36-32-29-26-24-22-20-18-19-21-23-25-28-30-34-38-42-46-50-54-60(65)62-58(57-63)59(64)53-49-45-41-37-33-16-14-12-10-8-6-4-2/h11,13,17,21,23,27,58-59,63-64H,3-10,12,14-16,18-20,22,24-26,28-57H2,1-2H3,(H,62,65)/b13-11-,23-21-,27-17-. The van der Waals surface area contributed by atoms with Crippen molar-refractivity contribution < 1.29 is 24.5 Å². The number of carbonyl (C=O) groups is 2. The van der Waals surface area contributed by atoms with Crippen LogP contribution in [0.1, 0.15) is 316 Å². The monoisotopic (exact) mass is 942 g/mol. The highest BCUT2D eigenvalue weighted by molar-refractivity contribution is 5.76. The van der Waals surface area contributed by atoms with Gasteiger partial charge in [-0.1, -0.05) is 256 Å². The predicted molar refractivity (Wildman–Crippen MR) is 292 cm³/mol. The highest BCUT2D eigenvalue weighted by Gasteiger charge is 2.20. The lowest BCUT2D eigenvalue weighted by molar-refractivity contribution is -0.143. The Morgan fingerprint density at radius 2 is 0.746 bits per heavy atom. The molecule has 0 spiro atoms. The van der Waals surface area contributed by atoms with E-state index in [0.717, 1.165) is 51.4 Å². The number of amides is 1. The molecule has 0 aliphatic rings. The summed E-state index contributed by atoms with van der Waals surface area (Å²) in [5.41, 5.74) is 0. The summed E-state index contributed by atoms with van der Waals surface area (Å²) in [7, 11) is 0. The summed E-state index contributed by atoms with van der Waals surface area (Å²) < 4.78 is 5.47. The van der Waals surface area contributed by atoms with E-state index in [0.29, 0.717) is 25.9 Å². The molecule has 0 fully saturated rings. The van der Waals surface area contributed by atoms with Crippen LogP contribution in [0.3, 0.4) is 0 Å². The van der Waals surface area contributed by atoms with Crippen LogP contribution in [0.5, 0.6) is 0 Å². The maximum absolute atomic E-state index is 12.4. The van der Waals surface area contributed by atoms with Crippen molar-refractivity contribution >= 4 is 11.9 Å². The Kier molecular flexibility index (Phi) is 55.0. The van der Waals surface area contributed by atoms with Gasteiger partial charge in [0.2, 0.25) is 5.91 Å². The van der Waals surface area contributed by atoms with E-state index in [1.807, 2.05) is 0 Å². The zero-order chi connectivity index (χ0) is 48.6. The third-order valence-electron chi connectivity index (χ3n) is 13.7. The summed E-state index contributed by atoms with van der Waals surface area (Å²) >= 11 is 0. The predicted octanol–water partition coefficient (Wildman–Crippen LogP) is 18.4. The molecule has 394 valence electrons. The summed E-state index contributed by atoms with van der Waals surface area (Å²) in [5, 5.41) is 23.2. The number of esters is 1. The van der Waals surface area contributed by atoms with Crippen LogP contribution in [0.2, 0.25) is 0 Å². The first kappa shape index (κ1) is 65.1. The number of allylic oxidation sites excluding steroid dienone is 6. The van der Waals surface area contributed by atoms with Gasteiger partial charge in [0.1, 0.15) is 0 Å². The van der Waals surface area contributed by atoms with Crippen molar-refractivity contribution in [1.29, 1.82) is 0 Å². The van der Waals surface area contributed by atoms with E-state index in [1.54, 1.807) is 0 Å². The minimum atomic E-state index is -0.667. The van der Waals surface area contributed by atoms with Crippen molar-refractivity contribution in [2.75, 3.05) is 13.2 Å². The summed E-state index contributed by atoms with van der Waals surface area (Å²) in [4.78, 5) is 24.5. The number of rotatable bonds is 55. The Bertz CT molecular complexity index is 1090. The summed E-state index contributed by atoms with van der Waals surface area (Å²) in [6, 6.07) is -0.545. The third-order valence-corrected chi connectivity index (χ3v) is 13.7. The quantitative estimate of drug-likeness (QED) is 0.0321. The van der Waals surface area contributed by atoms with E-state index in [9.17, 15) is 19.8 Å². The molecule has 1 amide bonds. The Morgan fingerprint density at radius 1 is 0.418 bits per heavy atom. The van der Waals surface area contributed by atoms with Gasteiger partial charge in [-0.15, -0.1) is 0 Å². The van der Waals surface area contributed by atoms with Crippen LogP contribution in [0.15, 0.2) is 36.5 Å². The lowest BCUT2D eigenvalue weighted by Crippen LogP contribution is -2.45. The number of nitrogens with one attached hydrogen (secondary N) is 1. The first-order valence-electron chi connectivity index (χ1n) is 29.7. The normalized spacial score (nSPS) is 12.8. The van der Waals surface area contributed by atoms with E-state index in [-0.39, 0.29) is 18.5 Å². The van der Waals surface area contributed by atoms with Crippen LogP contribution in [0.25, 0.3) is 0 Å². The van der Waals surface area contributed by atoms with Crippen LogP contribution in [0.4, 0.5) is 0 Å². The molecular weight excluding hydrogens is 827 g/mol. The molecule has 0 rings (SSSR count). The largest absolute Gasteiger partial charge is 0.466 e. The molecule has 6 nitrogen and oxygen atoms in total. The second-order valence-corrected chi connectivity index (χ2v) is 20.3. The van der Waals surface area contributed by atoms with Crippen molar-refractivity contribution in [3.63, 3.8) is 0 Å². The fraction of sp³-hybridized carbons (Fsp3) is 0.869. The third kappa shape index (κ3) is 53.3. The van der Waals surface area contributed by atoms with Gasteiger partial charge in [-0.05, 0) is 83.5 Å². The highest BCUT2D eigenvalue weighted by Crippen LogP contribution is 2.17. The summed E-state index contributed by atoms with van der Waals surface area (Å²) in [6.45, 7) is 4.92. The van der Waals surface area contributed by atoms with Gasteiger partial charge in [0.25, 0.3) is 0 Å². The van der Waals surface area contributed by atoms with Crippen molar-refractivity contribution in [2.24, 2.45) is 0 Å². The van der Waals surface area contributed by atoms with E-state index < -0.39 is 12.1 Å². The van der Waals surface area contributed by atoms with Gasteiger partial charge >= 0.3 is 5.97 Å². The minimum Gasteiger partial charge on any atom is -0.466 e. The van der Waals surface area contributed by atoms with Crippen molar-refractivity contribution in [3.05, 3.63) is 36.5 Å². The molecule has 0 aromatic heterocycles. The number of aliphatic hydroxyl groups is 2. The van der Waals surface area contributed by atoms with Gasteiger partial charge in [-0.3, -0.25) is 9.59 Å². The SMILES string of the molecule is CCCCC/C=C\C/C=C\CCCCCCCC(=O)OCCCCCCCCCCCCCC/C=C\CCCCCCCCCC(=O)NC(CO)C(O)CCCCCCCCCCCCCC. The van der Waals surface area contributed by atoms with Gasteiger partial charge in [-0.25, -0.2) is 0 Å². The molecule has 0 aromatic rings. The number of hydrogen-bond donors (Lipinski definition) is 3. The second-order valence-electron chi connectivity index (χ2n) is 20.3. The Labute approximate surface area is 417 Å². The summed E-state index contributed by atoms with van der Waals surface area (Å²) in [6.07, 6.45) is 70.0. The fourth-order valence-electron chi connectivity index (χ4n) is 9.08. The van der Waals surface area contributed by atoms with Gasteiger partial charge in [-0.2, -0.15) is 0 Å². The number of ether oxygens (including phenoxy) is 1. The van der Waals surface area contributed by atoms with Crippen molar-refractivity contribution in [2.45, 2.75) is 328 Å². The van der Waals surface area contributed by atoms with Crippen molar-refractivity contribution in [3.8, 4) is 0 Å². The topological polar surface area (TPSA) is 95.9 Å². The molecule has 6 heteroatoms. The molecule has 0 saturated heterocycles. The first-order chi connectivity index (χ1) is 33.0. The number of hydrogen-bond acceptors (Lipinski definition) is 5. The maximum Gasteiger partial charge on any atom is 0.305 e. The lowest BCUT2D eigenvalue weighted by Gasteiger charge is -2.22. The van der Waals surface area contributed by atoms with E-state index in [2.05, 4.69) is 55.6 Å². The highest BCUT2D eigenvalue weighted by atomic mass is 16.5. The number of unbranched alkanes of at least 4 members (excludes halogenated alkanes) is 38. The molecule has 2 unspecified atom stereocenters. The van der Waals surface area contributed by atoms with Crippen LogP contribution in [-0.4, -0.2) is 47.4 Å². The molecule has 0 radical (unpaired) electrons. The van der Waals surface area contributed by atoms with Crippen LogP contribution in [-0.2, 0) is 14.3 Å². The number of carbonyl (C=O) groups excluding carboxylic acids is 2. The molecule has 0 aliphatic carbocycles.